The largest absolute Gasteiger partial charge is 0.304 e. The fourth-order valence-electron chi connectivity index (χ4n) is 0.554. The van der Waals surface area contributed by atoms with Gasteiger partial charge in [-0.25, -0.2) is 5.06 Å². The number of carbonyl (C=O) groups excluding carboxylic acids is 1. The SMILES string of the molecule is CON(C)C(=O)CNC(C)(C)C. The van der Waals surface area contributed by atoms with E-state index in [1.165, 1.54) is 12.2 Å². The highest BCUT2D eigenvalue weighted by Gasteiger charge is 2.13. The number of likely N-dealkylation sites (N-methyl/N-ethyl adjacent to an activating group) is 1. The van der Waals surface area contributed by atoms with Gasteiger partial charge in [-0.3, -0.25) is 9.63 Å². The van der Waals surface area contributed by atoms with Crippen molar-refractivity contribution in [1.82, 2.24) is 10.4 Å². The number of hydrogen-bond donors (Lipinski definition) is 1. The van der Waals surface area contributed by atoms with Gasteiger partial charge in [0.2, 0.25) is 0 Å². The molecule has 12 heavy (non-hydrogen) atoms. The molecule has 0 aromatic rings. The molecular weight excluding hydrogens is 156 g/mol. The first kappa shape index (κ1) is 11.4. The second-order valence-electron chi connectivity index (χ2n) is 3.68. The Morgan fingerprint density at radius 3 is 2.33 bits per heavy atom. The molecule has 0 atom stereocenters. The Hall–Kier alpha value is -0.610. The third kappa shape index (κ3) is 5.09. The van der Waals surface area contributed by atoms with E-state index in [2.05, 4.69) is 5.32 Å². The van der Waals surface area contributed by atoms with Crippen LogP contribution in [0.5, 0.6) is 0 Å². The smallest absolute Gasteiger partial charge is 0.259 e. The van der Waals surface area contributed by atoms with E-state index in [1.54, 1.807) is 7.05 Å². The molecule has 0 aliphatic heterocycles. The molecule has 0 aromatic heterocycles. The second kappa shape index (κ2) is 4.42. The van der Waals surface area contributed by atoms with E-state index in [0.717, 1.165) is 0 Å². The van der Waals surface area contributed by atoms with Gasteiger partial charge in [-0.05, 0) is 20.8 Å². The molecule has 0 radical (unpaired) electrons. The Kier molecular flexibility index (Phi) is 4.20. The van der Waals surface area contributed by atoms with Crippen molar-refractivity contribution in [2.45, 2.75) is 26.3 Å². The molecule has 0 saturated carbocycles. The number of nitrogens with zero attached hydrogens (tertiary/aromatic N) is 1. The van der Waals surface area contributed by atoms with Gasteiger partial charge in [0.1, 0.15) is 0 Å². The summed E-state index contributed by atoms with van der Waals surface area (Å²) in [5.41, 5.74) is -0.0375. The van der Waals surface area contributed by atoms with Crippen molar-refractivity contribution in [3.05, 3.63) is 0 Å². The highest BCUT2D eigenvalue weighted by Crippen LogP contribution is 1.97. The van der Waals surface area contributed by atoms with E-state index < -0.39 is 0 Å². The van der Waals surface area contributed by atoms with E-state index >= 15 is 0 Å². The number of hydrogen-bond acceptors (Lipinski definition) is 3. The van der Waals surface area contributed by atoms with Crippen molar-refractivity contribution in [2.24, 2.45) is 0 Å². The Morgan fingerprint density at radius 1 is 1.50 bits per heavy atom. The molecule has 4 nitrogen and oxygen atoms in total. The first-order chi connectivity index (χ1) is 5.37. The molecule has 0 heterocycles. The molecule has 0 unspecified atom stereocenters. The lowest BCUT2D eigenvalue weighted by molar-refractivity contribution is -0.167. The van der Waals surface area contributed by atoms with Crippen LogP contribution in [0.25, 0.3) is 0 Å². The molecule has 0 rings (SSSR count). The Bertz CT molecular complexity index is 152. The molecule has 0 fully saturated rings. The fraction of sp³-hybridized carbons (Fsp3) is 0.875. The van der Waals surface area contributed by atoms with Crippen LogP contribution in [-0.2, 0) is 9.63 Å². The van der Waals surface area contributed by atoms with Crippen LogP contribution in [0.1, 0.15) is 20.8 Å². The monoisotopic (exact) mass is 174 g/mol. The highest BCUT2D eigenvalue weighted by atomic mass is 16.7. The third-order valence-corrected chi connectivity index (χ3v) is 1.40. The lowest BCUT2D eigenvalue weighted by atomic mass is 10.1. The Morgan fingerprint density at radius 2 is 2.00 bits per heavy atom. The van der Waals surface area contributed by atoms with Crippen molar-refractivity contribution in [2.75, 3.05) is 20.7 Å². The van der Waals surface area contributed by atoms with Crippen LogP contribution >= 0.6 is 0 Å². The van der Waals surface area contributed by atoms with E-state index in [0.29, 0.717) is 6.54 Å². The zero-order valence-electron chi connectivity index (χ0n) is 8.47. The summed E-state index contributed by atoms with van der Waals surface area (Å²) in [7, 11) is 3.06. The maximum absolute atomic E-state index is 11.2. The summed E-state index contributed by atoms with van der Waals surface area (Å²) in [6, 6.07) is 0. The molecule has 0 aromatic carbocycles. The van der Waals surface area contributed by atoms with Gasteiger partial charge < -0.3 is 5.32 Å². The first-order valence-electron chi connectivity index (χ1n) is 3.92. The minimum atomic E-state index is -0.0765. The van der Waals surface area contributed by atoms with Gasteiger partial charge in [0.25, 0.3) is 5.91 Å². The quantitative estimate of drug-likeness (QED) is 0.629. The molecule has 1 N–H and O–H groups in total. The zero-order valence-corrected chi connectivity index (χ0v) is 8.47. The molecule has 0 bridgehead atoms. The standard InChI is InChI=1S/C8H18N2O2/c1-8(2,3)9-6-7(11)10(4)12-5/h9H,6H2,1-5H3. The molecule has 1 amide bonds. The minimum absolute atomic E-state index is 0.0375. The topological polar surface area (TPSA) is 41.6 Å². The van der Waals surface area contributed by atoms with E-state index in [-0.39, 0.29) is 11.4 Å². The fourth-order valence-corrected chi connectivity index (χ4v) is 0.554. The summed E-state index contributed by atoms with van der Waals surface area (Å²) < 4.78 is 0. The van der Waals surface area contributed by atoms with Gasteiger partial charge in [0.05, 0.1) is 13.7 Å². The van der Waals surface area contributed by atoms with Crippen LogP contribution in [0, 0.1) is 0 Å². The summed E-state index contributed by atoms with van der Waals surface area (Å²) in [5, 5.41) is 4.27. The van der Waals surface area contributed by atoms with Gasteiger partial charge in [-0.2, -0.15) is 0 Å². The van der Waals surface area contributed by atoms with Crippen LogP contribution < -0.4 is 5.32 Å². The predicted octanol–water partition coefficient (Wildman–Crippen LogP) is 0.394. The van der Waals surface area contributed by atoms with Crippen LogP contribution in [-0.4, -0.2) is 37.2 Å². The molecule has 0 aliphatic carbocycles. The summed E-state index contributed by atoms with van der Waals surface area (Å²) in [6.45, 7) is 6.32. The lowest BCUT2D eigenvalue weighted by Gasteiger charge is -2.22. The van der Waals surface area contributed by atoms with Crippen LogP contribution in [0.3, 0.4) is 0 Å². The predicted molar refractivity (Wildman–Crippen MR) is 47.5 cm³/mol. The molecule has 4 heteroatoms. The maximum Gasteiger partial charge on any atom is 0.259 e. The van der Waals surface area contributed by atoms with Crippen LogP contribution in [0.15, 0.2) is 0 Å². The number of hydroxylamine groups is 2. The highest BCUT2D eigenvalue weighted by molar-refractivity contribution is 5.76. The van der Waals surface area contributed by atoms with Gasteiger partial charge in [0, 0.05) is 12.6 Å². The van der Waals surface area contributed by atoms with Gasteiger partial charge in [-0.1, -0.05) is 0 Å². The van der Waals surface area contributed by atoms with Crippen molar-refractivity contribution < 1.29 is 9.63 Å². The van der Waals surface area contributed by atoms with Gasteiger partial charge in [-0.15, -0.1) is 0 Å². The van der Waals surface area contributed by atoms with Crippen LogP contribution in [0.2, 0.25) is 0 Å². The normalized spacial score (nSPS) is 11.4. The zero-order chi connectivity index (χ0) is 9.78. The lowest BCUT2D eigenvalue weighted by Crippen LogP contribution is -2.43. The van der Waals surface area contributed by atoms with Crippen molar-refractivity contribution in [3.63, 3.8) is 0 Å². The Balaban J connectivity index is 3.72. The summed E-state index contributed by atoms with van der Waals surface area (Å²) in [6.07, 6.45) is 0. The van der Waals surface area contributed by atoms with E-state index in [1.807, 2.05) is 20.8 Å². The Labute approximate surface area is 73.8 Å². The second-order valence-corrected chi connectivity index (χ2v) is 3.68. The average Bonchev–Trinajstić information content (AvgIpc) is 1.97. The molecular formula is C8H18N2O2. The summed E-state index contributed by atoms with van der Waals surface area (Å²) >= 11 is 0. The molecule has 0 spiro atoms. The number of carbonyl (C=O) groups is 1. The van der Waals surface area contributed by atoms with Gasteiger partial charge >= 0.3 is 0 Å². The summed E-state index contributed by atoms with van der Waals surface area (Å²) in [5.74, 6) is -0.0765. The van der Waals surface area contributed by atoms with Crippen molar-refractivity contribution in [3.8, 4) is 0 Å². The number of nitrogens with one attached hydrogen (secondary N) is 1. The average molecular weight is 174 g/mol. The molecule has 0 aliphatic rings. The maximum atomic E-state index is 11.2. The molecule has 0 saturated heterocycles. The van der Waals surface area contributed by atoms with Crippen molar-refractivity contribution >= 4 is 5.91 Å². The van der Waals surface area contributed by atoms with E-state index in [9.17, 15) is 4.79 Å². The van der Waals surface area contributed by atoms with E-state index in [4.69, 9.17) is 4.84 Å². The number of rotatable bonds is 3. The van der Waals surface area contributed by atoms with Crippen LogP contribution in [0.4, 0.5) is 0 Å². The van der Waals surface area contributed by atoms with Crippen molar-refractivity contribution in [1.29, 1.82) is 0 Å². The van der Waals surface area contributed by atoms with Gasteiger partial charge in [0.15, 0.2) is 0 Å². The first-order valence-corrected chi connectivity index (χ1v) is 3.92. The minimum Gasteiger partial charge on any atom is -0.304 e. The number of amides is 1. The summed E-state index contributed by atoms with van der Waals surface area (Å²) in [4.78, 5) is 15.9. The molecule has 72 valence electrons. The third-order valence-electron chi connectivity index (χ3n) is 1.40.